The molecule has 1 N–H and O–H groups in total. The molecule has 2 aliphatic rings. The molecule has 4 heterocycles. The minimum Gasteiger partial charge on any atom is -0.373 e. The third-order valence-electron chi connectivity index (χ3n) is 6.61. The van der Waals surface area contributed by atoms with Crippen molar-refractivity contribution < 1.29 is 9.53 Å². The summed E-state index contributed by atoms with van der Waals surface area (Å²) < 4.78 is 7.85. The van der Waals surface area contributed by atoms with Crippen LogP contribution in [0.5, 0.6) is 0 Å². The summed E-state index contributed by atoms with van der Waals surface area (Å²) in [5.74, 6) is 0.0617. The number of nitrogens with one attached hydrogen (secondary N) is 1. The van der Waals surface area contributed by atoms with Crippen molar-refractivity contribution in [2.75, 3.05) is 26.2 Å². The largest absolute Gasteiger partial charge is 0.373 e. The van der Waals surface area contributed by atoms with Crippen LogP contribution in [0.2, 0.25) is 0 Å². The van der Waals surface area contributed by atoms with Gasteiger partial charge in [0.05, 0.1) is 18.2 Å². The fraction of sp³-hybridized carbons (Fsp3) is 0.522. The average Bonchev–Trinajstić information content (AvgIpc) is 3.36. The van der Waals surface area contributed by atoms with Gasteiger partial charge < -0.3 is 10.1 Å². The van der Waals surface area contributed by atoms with Gasteiger partial charge in [-0.05, 0) is 57.4 Å². The van der Waals surface area contributed by atoms with Gasteiger partial charge in [-0.15, -0.1) is 0 Å². The molecule has 2 aliphatic heterocycles. The summed E-state index contributed by atoms with van der Waals surface area (Å²) in [4.78, 5) is 19.8. The van der Waals surface area contributed by atoms with E-state index in [0.29, 0.717) is 25.4 Å². The van der Waals surface area contributed by atoms with Crippen LogP contribution in [0.3, 0.4) is 0 Å². The van der Waals surface area contributed by atoms with Gasteiger partial charge in [-0.2, -0.15) is 5.10 Å². The van der Waals surface area contributed by atoms with Gasteiger partial charge in [-0.3, -0.25) is 9.69 Å². The normalized spacial score (nSPS) is 21.9. The van der Waals surface area contributed by atoms with E-state index in [2.05, 4.69) is 17.1 Å². The number of hydrogen-bond donors (Lipinski definition) is 1. The average molecular weight is 408 g/mol. The van der Waals surface area contributed by atoms with Crippen molar-refractivity contribution in [2.24, 2.45) is 0 Å². The Hall–Kier alpha value is -2.51. The van der Waals surface area contributed by atoms with Crippen LogP contribution in [0.25, 0.3) is 16.6 Å². The van der Waals surface area contributed by atoms with Gasteiger partial charge in [-0.1, -0.05) is 12.1 Å². The molecule has 7 nitrogen and oxygen atoms in total. The van der Waals surface area contributed by atoms with E-state index in [4.69, 9.17) is 14.8 Å². The molecule has 3 aromatic rings. The molecule has 1 aromatic carbocycles. The lowest BCUT2D eigenvalue weighted by Gasteiger charge is -2.35. The molecule has 0 unspecified atom stereocenters. The highest BCUT2D eigenvalue weighted by Crippen LogP contribution is 2.24. The molecule has 0 spiro atoms. The van der Waals surface area contributed by atoms with Crippen molar-refractivity contribution in [1.29, 1.82) is 0 Å². The minimum atomic E-state index is 0.0617. The van der Waals surface area contributed by atoms with Gasteiger partial charge >= 0.3 is 0 Å². The van der Waals surface area contributed by atoms with Crippen molar-refractivity contribution in [1.82, 2.24) is 24.8 Å². The van der Waals surface area contributed by atoms with E-state index < -0.39 is 0 Å². The zero-order valence-corrected chi connectivity index (χ0v) is 17.7. The Labute approximate surface area is 176 Å². The van der Waals surface area contributed by atoms with Crippen molar-refractivity contribution in [3.8, 4) is 0 Å². The molecule has 2 fully saturated rings. The second-order valence-corrected chi connectivity index (χ2v) is 8.56. The van der Waals surface area contributed by atoms with Crippen LogP contribution in [0, 0.1) is 13.8 Å². The molecule has 2 atom stereocenters. The molecule has 0 bridgehead atoms. The lowest BCUT2D eigenvalue weighted by atomic mass is 10.1. The fourth-order valence-electron chi connectivity index (χ4n) is 4.90. The number of hydrogen-bond acceptors (Lipinski definition) is 5. The van der Waals surface area contributed by atoms with E-state index >= 15 is 0 Å². The summed E-state index contributed by atoms with van der Waals surface area (Å²) in [6, 6.07) is 8.64. The van der Waals surface area contributed by atoms with E-state index in [9.17, 15) is 4.79 Å². The fourth-order valence-corrected chi connectivity index (χ4v) is 4.90. The van der Waals surface area contributed by atoms with Gasteiger partial charge in [-0.25, -0.2) is 9.50 Å². The van der Waals surface area contributed by atoms with Gasteiger partial charge in [0.1, 0.15) is 0 Å². The minimum absolute atomic E-state index is 0.0617. The molecule has 5 rings (SSSR count). The predicted octanol–water partition coefficient (Wildman–Crippen LogP) is 2.41. The number of morpholine rings is 1. The Balaban J connectivity index is 1.22. The molecule has 2 aromatic heterocycles. The lowest BCUT2D eigenvalue weighted by molar-refractivity contribution is -0.122. The summed E-state index contributed by atoms with van der Waals surface area (Å²) in [7, 11) is 0. The molecule has 0 radical (unpaired) electrons. The summed E-state index contributed by atoms with van der Waals surface area (Å²) >= 11 is 0. The van der Waals surface area contributed by atoms with Crippen LogP contribution in [0.4, 0.5) is 0 Å². The monoisotopic (exact) mass is 407 g/mol. The van der Waals surface area contributed by atoms with Crippen LogP contribution in [0.1, 0.15) is 36.2 Å². The first-order valence-electron chi connectivity index (χ1n) is 11.0. The summed E-state index contributed by atoms with van der Waals surface area (Å²) in [6.07, 6.45) is 3.69. The third kappa shape index (κ3) is 3.56. The highest BCUT2D eigenvalue weighted by molar-refractivity contribution is 5.92. The second kappa shape index (κ2) is 7.96. The van der Waals surface area contributed by atoms with Gasteiger partial charge in [0.15, 0.2) is 5.65 Å². The van der Waals surface area contributed by atoms with E-state index in [0.717, 1.165) is 53.2 Å². The van der Waals surface area contributed by atoms with E-state index in [1.165, 1.54) is 12.8 Å². The van der Waals surface area contributed by atoms with E-state index in [-0.39, 0.29) is 12.0 Å². The SMILES string of the molecule is Cc1nc2c3ccccc3nn2c(C)c1CCC(=O)NC[C@@H]1CN2CCC[C@H]2CO1. The molecule has 158 valence electrons. The maximum absolute atomic E-state index is 12.5. The Morgan fingerprint density at radius 2 is 2.17 bits per heavy atom. The topological polar surface area (TPSA) is 71.8 Å². The standard InChI is InChI=1S/C23H29N5O2/c1-15-19(16(2)28-23(25-15)20-7-3-4-8-21(20)26-28)9-10-22(29)24-12-18-13-27-11-5-6-17(27)14-30-18/h3-4,7-8,17-18H,5-6,9-14H2,1-2H3,(H,24,29)/t17-,18+/m0/s1. The smallest absolute Gasteiger partial charge is 0.220 e. The van der Waals surface area contributed by atoms with Crippen LogP contribution < -0.4 is 5.32 Å². The maximum atomic E-state index is 12.5. The van der Waals surface area contributed by atoms with Crippen molar-refractivity contribution in [3.05, 3.63) is 41.2 Å². The summed E-state index contributed by atoms with van der Waals surface area (Å²) in [5, 5.41) is 8.82. The van der Waals surface area contributed by atoms with Gasteiger partial charge in [0, 0.05) is 42.3 Å². The predicted molar refractivity (Wildman–Crippen MR) is 116 cm³/mol. The number of carbonyl (C=O) groups excluding carboxylic acids is 1. The zero-order valence-electron chi connectivity index (χ0n) is 17.7. The van der Waals surface area contributed by atoms with Gasteiger partial charge in [0.2, 0.25) is 5.91 Å². The van der Waals surface area contributed by atoms with E-state index in [1.807, 2.05) is 35.7 Å². The number of rotatable bonds is 5. The Bertz CT molecular complexity index is 1090. The number of benzene rings is 1. The first-order chi connectivity index (χ1) is 14.6. The third-order valence-corrected chi connectivity index (χ3v) is 6.61. The molecular formula is C23H29N5O2. The number of aromatic nitrogens is 3. The zero-order chi connectivity index (χ0) is 20.7. The van der Waals surface area contributed by atoms with Crippen LogP contribution in [-0.4, -0.2) is 63.8 Å². The van der Waals surface area contributed by atoms with Gasteiger partial charge in [0.25, 0.3) is 0 Å². The molecule has 2 saturated heterocycles. The molecule has 1 amide bonds. The first-order valence-corrected chi connectivity index (χ1v) is 11.0. The molecule has 7 heteroatoms. The number of nitrogens with zero attached hydrogens (tertiary/aromatic N) is 4. The number of ether oxygens (including phenoxy) is 1. The van der Waals surface area contributed by atoms with Crippen LogP contribution in [0.15, 0.2) is 24.3 Å². The number of amides is 1. The quantitative estimate of drug-likeness (QED) is 0.703. The van der Waals surface area contributed by atoms with Crippen LogP contribution >= 0.6 is 0 Å². The molecule has 30 heavy (non-hydrogen) atoms. The lowest BCUT2D eigenvalue weighted by Crippen LogP contribution is -2.50. The summed E-state index contributed by atoms with van der Waals surface area (Å²) in [6.45, 7) is 7.55. The maximum Gasteiger partial charge on any atom is 0.220 e. The van der Waals surface area contributed by atoms with E-state index in [1.54, 1.807) is 0 Å². The van der Waals surface area contributed by atoms with Crippen LogP contribution in [-0.2, 0) is 16.0 Å². The summed E-state index contributed by atoms with van der Waals surface area (Å²) in [5.41, 5.74) is 4.93. The molecule has 0 aliphatic carbocycles. The Kier molecular flexibility index (Phi) is 5.16. The molecule has 0 saturated carbocycles. The highest BCUT2D eigenvalue weighted by Gasteiger charge is 2.32. The first kappa shape index (κ1) is 19.5. The molecular weight excluding hydrogens is 378 g/mol. The number of fused-ring (bicyclic) bond motifs is 4. The highest BCUT2D eigenvalue weighted by atomic mass is 16.5. The number of carbonyl (C=O) groups is 1. The number of aryl methyl sites for hydroxylation is 2. The van der Waals surface area contributed by atoms with Crippen molar-refractivity contribution in [2.45, 2.75) is 51.7 Å². The Morgan fingerprint density at radius 1 is 1.30 bits per heavy atom. The van der Waals surface area contributed by atoms with Crippen molar-refractivity contribution >= 4 is 22.5 Å². The van der Waals surface area contributed by atoms with Crippen molar-refractivity contribution in [3.63, 3.8) is 0 Å². The Morgan fingerprint density at radius 3 is 3.07 bits per heavy atom. The second-order valence-electron chi connectivity index (χ2n) is 8.56.